The summed E-state index contributed by atoms with van der Waals surface area (Å²) in [5, 5.41) is 17.0. The van der Waals surface area contributed by atoms with E-state index in [1.54, 1.807) is 20.8 Å². The van der Waals surface area contributed by atoms with Crippen molar-refractivity contribution in [1.82, 2.24) is 0 Å². The molecule has 0 aromatic rings. The maximum atomic E-state index is 10.1. The molecule has 0 saturated heterocycles. The molecule has 0 aliphatic heterocycles. The zero-order valence-electron chi connectivity index (χ0n) is 7.00. The SMILES string of the molecule is CC(OC(=O)O)C(C)(C)CO. The second-order valence-corrected chi connectivity index (χ2v) is 3.17. The molecule has 0 heterocycles. The lowest BCUT2D eigenvalue weighted by molar-refractivity contribution is -0.0183. The van der Waals surface area contributed by atoms with Gasteiger partial charge in [0.2, 0.25) is 0 Å². The van der Waals surface area contributed by atoms with E-state index >= 15 is 0 Å². The lowest BCUT2D eigenvalue weighted by atomic mass is 9.89. The van der Waals surface area contributed by atoms with E-state index in [9.17, 15) is 4.79 Å². The highest BCUT2D eigenvalue weighted by atomic mass is 16.7. The van der Waals surface area contributed by atoms with Gasteiger partial charge in [-0.1, -0.05) is 13.8 Å². The normalized spacial score (nSPS) is 14.2. The number of carbonyl (C=O) groups is 1. The van der Waals surface area contributed by atoms with Crippen molar-refractivity contribution in [1.29, 1.82) is 0 Å². The first-order chi connectivity index (χ1) is 4.90. The molecular formula is C7H14O4. The standard InChI is InChI=1S/C7H14O4/c1-5(11-6(9)10)7(2,3)4-8/h5,8H,4H2,1-3H3,(H,9,10). The van der Waals surface area contributed by atoms with Gasteiger partial charge in [0, 0.05) is 5.41 Å². The van der Waals surface area contributed by atoms with Gasteiger partial charge in [0.05, 0.1) is 6.61 Å². The smallest absolute Gasteiger partial charge is 0.450 e. The van der Waals surface area contributed by atoms with E-state index < -0.39 is 17.7 Å². The summed E-state index contributed by atoms with van der Waals surface area (Å²) in [6, 6.07) is 0. The van der Waals surface area contributed by atoms with E-state index in [0.29, 0.717) is 0 Å². The van der Waals surface area contributed by atoms with E-state index in [1.165, 1.54) is 0 Å². The van der Waals surface area contributed by atoms with Crippen LogP contribution in [0.25, 0.3) is 0 Å². The maximum Gasteiger partial charge on any atom is 0.506 e. The molecule has 0 fully saturated rings. The van der Waals surface area contributed by atoms with Gasteiger partial charge < -0.3 is 14.9 Å². The van der Waals surface area contributed by atoms with Crippen molar-refractivity contribution in [2.45, 2.75) is 26.9 Å². The summed E-state index contributed by atoms with van der Waals surface area (Å²) in [5.41, 5.74) is -0.515. The highest BCUT2D eigenvalue weighted by Crippen LogP contribution is 2.21. The predicted octanol–water partition coefficient (Wildman–Crippen LogP) is 1.09. The topological polar surface area (TPSA) is 66.8 Å². The van der Waals surface area contributed by atoms with Gasteiger partial charge in [-0.05, 0) is 6.92 Å². The molecule has 0 aliphatic rings. The molecule has 0 aliphatic carbocycles. The van der Waals surface area contributed by atoms with Crippen LogP contribution in [-0.2, 0) is 4.74 Å². The minimum Gasteiger partial charge on any atom is -0.450 e. The summed E-state index contributed by atoms with van der Waals surface area (Å²) in [6.45, 7) is 4.99. The van der Waals surface area contributed by atoms with Gasteiger partial charge in [0.25, 0.3) is 0 Å². The van der Waals surface area contributed by atoms with E-state index in [2.05, 4.69) is 4.74 Å². The maximum absolute atomic E-state index is 10.1. The lowest BCUT2D eigenvalue weighted by Gasteiger charge is -2.27. The Hall–Kier alpha value is -0.770. The molecule has 4 heteroatoms. The summed E-state index contributed by atoms with van der Waals surface area (Å²) >= 11 is 0. The zero-order valence-corrected chi connectivity index (χ0v) is 7.00. The fourth-order valence-electron chi connectivity index (χ4n) is 0.439. The molecule has 1 unspecified atom stereocenters. The predicted molar refractivity (Wildman–Crippen MR) is 39.4 cm³/mol. The Morgan fingerprint density at radius 3 is 2.36 bits per heavy atom. The first-order valence-electron chi connectivity index (χ1n) is 3.40. The number of aliphatic hydroxyl groups is 1. The quantitative estimate of drug-likeness (QED) is 0.609. The number of hydrogen-bond donors (Lipinski definition) is 2. The summed E-state index contributed by atoms with van der Waals surface area (Å²) in [5.74, 6) is 0. The second-order valence-electron chi connectivity index (χ2n) is 3.17. The molecule has 0 saturated carbocycles. The number of hydrogen-bond acceptors (Lipinski definition) is 3. The molecule has 11 heavy (non-hydrogen) atoms. The number of carboxylic acid groups (broad SMARTS) is 1. The van der Waals surface area contributed by atoms with Gasteiger partial charge in [-0.15, -0.1) is 0 Å². The van der Waals surface area contributed by atoms with Crippen molar-refractivity contribution in [3.63, 3.8) is 0 Å². The van der Waals surface area contributed by atoms with Crippen molar-refractivity contribution < 1.29 is 19.7 Å². The molecule has 0 bridgehead atoms. The minimum atomic E-state index is -1.31. The molecule has 66 valence electrons. The van der Waals surface area contributed by atoms with Crippen LogP contribution >= 0.6 is 0 Å². The Balaban J connectivity index is 4.01. The van der Waals surface area contributed by atoms with E-state index in [0.717, 1.165) is 0 Å². The fraction of sp³-hybridized carbons (Fsp3) is 0.857. The van der Waals surface area contributed by atoms with E-state index in [4.69, 9.17) is 10.2 Å². The van der Waals surface area contributed by atoms with Crippen LogP contribution in [0.15, 0.2) is 0 Å². The van der Waals surface area contributed by atoms with Gasteiger partial charge in [0.1, 0.15) is 6.10 Å². The monoisotopic (exact) mass is 162 g/mol. The van der Waals surface area contributed by atoms with Crippen molar-refractivity contribution in [2.75, 3.05) is 6.61 Å². The fourth-order valence-corrected chi connectivity index (χ4v) is 0.439. The molecule has 0 spiro atoms. The van der Waals surface area contributed by atoms with Gasteiger partial charge >= 0.3 is 6.16 Å². The molecule has 0 radical (unpaired) electrons. The van der Waals surface area contributed by atoms with Crippen LogP contribution in [0.1, 0.15) is 20.8 Å². The minimum absolute atomic E-state index is 0.0958. The Morgan fingerprint density at radius 1 is 1.64 bits per heavy atom. The molecule has 0 rings (SSSR count). The molecule has 4 nitrogen and oxygen atoms in total. The largest absolute Gasteiger partial charge is 0.506 e. The Labute approximate surface area is 65.8 Å². The van der Waals surface area contributed by atoms with Crippen molar-refractivity contribution in [2.24, 2.45) is 5.41 Å². The summed E-state index contributed by atoms with van der Waals surface area (Å²) < 4.78 is 4.46. The van der Waals surface area contributed by atoms with E-state index in [-0.39, 0.29) is 6.61 Å². The van der Waals surface area contributed by atoms with E-state index in [1.807, 2.05) is 0 Å². The molecule has 0 amide bonds. The van der Waals surface area contributed by atoms with Gasteiger partial charge in [0.15, 0.2) is 0 Å². The Morgan fingerprint density at radius 2 is 2.09 bits per heavy atom. The summed E-state index contributed by atoms with van der Waals surface area (Å²) in [7, 11) is 0. The Bertz CT molecular complexity index is 141. The van der Waals surface area contributed by atoms with Crippen LogP contribution in [0.2, 0.25) is 0 Å². The lowest BCUT2D eigenvalue weighted by Crippen LogP contribution is -2.34. The first kappa shape index (κ1) is 10.2. The van der Waals surface area contributed by atoms with Crippen molar-refractivity contribution in [3.8, 4) is 0 Å². The molecule has 0 aromatic carbocycles. The Kier molecular flexibility index (Phi) is 3.32. The molecule has 0 aromatic heterocycles. The third-order valence-electron chi connectivity index (χ3n) is 1.79. The van der Waals surface area contributed by atoms with Crippen LogP contribution in [-0.4, -0.2) is 29.1 Å². The highest BCUT2D eigenvalue weighted by Gasteiger charge is 2.27. The third-order valence-corrected chi connectivity index (χ3v) is 1.79. The number of rotatable bonds is 3. The van der Waals surface area contributed by atoms with Crippen LogP contribution in [0.5, 0.6) is 0 Å². The first-order valence-corrected chi connectivity index (χ1v) is 3.40. The second kappa shape index (κ2) is 3.57. The summed E-state index contributed by atoms with van der Waals surface area (Å²) in [4.78, 5) is 10.1. The van der Waals surface area contributed by atoms with Crippen molar-refractivity contribution >= 4 is 6.16 Å². The number of ether oxygens (including phenoxy) is 1. The molecule has 2 N–H and O–H groups in total. The molecular weight excluding hydrogens is 148 g/mol. The van der Waals surface area contributed by atoms with Gasteiger partial charge in [-0.2, -0.15) is 0 Å². The summed E-state index contributed by atoms with van der Waals surface area (Å²) in [6.07, 6.45) is -1.80. The number of aliphatic hydroxyl groups excluding tert-OH is 1. The van der Waals surface area contributed by atoms with Crippen LogP contribution in [0.4, 0.5) is 4.79 Å². The zero-order chi connectivity index (χ0) is 9.07. The molecule has 1 atom stereocenters. The van der Waals surface area contributed by atoms with Crippen LogP contribution in [0, 0.1) is 5.41 Å². The van der Waals surface area contributed by atoms with Gasteiger partial charge in [-0.25, -0.2) is 4.79 Å². The average Bonchev–Trinajstić information content (AvgIpc) is 1.86. The van der Waals surface area contributed by atoms with Gasteiger partial charge in [-0.3, -0.25) is 0 Å². The highest BCUT2D eigenvalue weighted by molar-refractivity contribution is 5.57. The van der Waals surface area contributed by atoms with Crippen molar-refractivity contribution in [3.05, 3.63) is 0 Å². The third kappa shape index (κ3) is 3.23. The van der Waals surface area contributed by atoms with Crippen LogP contribution in [0.3, 0.4) is 0 Å². The van der Waals surface area contributed by atoms with Crippen LogP contribution < -0.4 is 0 Å². The average molecular weight is 162 g/mol.